The van der Waals surface area contributed by atoms with Crippen LogP contribution in [0.25, 0.3) is 12.2 Å². The Kier molecular flexibility index (Phi) is 7.16. The van der Waals surface area contributed by atoms with Gasteiger partial charge >= 0.3 is 0 Å². The predicted molar refractivity (Wildman–Crippen MR) is 131 cm³/mol. The minimum Gasteiger partial charge on any atom is -0.394 e. The van der Waals surface area contributed by atoms with Gasteiger partial charge in [0.1, 0.15) is 0 Å². The summed E-state index contributed by atoms with van der Waals surface area (Å²) < 4.78 is 0. The second-order valence-corrected chi connectivity index (χ2v) is 11.0. The van der Waals surface area contributed by atoms with Crippen LogP contribution in [0.2, 0.25) is 0 Å². The van der Waals surface area contributed by atoms with Gasteiger partial charge < -0.3 is 10.2 Å². The molecule has 0 fully saturated rings. The summed E-state index contributed by atoms with van der Waals surface area (Å²) in [5.74, 6) is 1.37. The van der Waals surface area contributed by atoms with E-state index < -0.39 is 6.10 Å². The van der Waals surface area contributed by atoms with Gasteiger partial charge in [0.2, 0.25) is 0 Å². The quantitative estimate of drug-likeness (QED) is 0.528. The summed E-state index contributed by atoms with van der Waals surface area (Å²) in [6.07, 6.45) is 6.17. The Balaban J connectivity index is 2.00. The number of hydrogen-bond donors (Lipinski definition) is 2. The van der Waals surface area contributed by atoms with Gasteiger partial charge in [-0.3, -0.25) is 0 Å². The van der Waals surface area contributed by atoms with E-state index in [4.69, 9.17) is 5.11 Å². The van der Waals surface area contributed by atoms with Crippen LogP contribution in [0.4, 0.5) is 0 Å². The highest BCUT2D eigenvalue weighted by molar-refractivity contribution is 7.98. The van der Waals surface area contributed by atoms with Crippen LogP contribution in [-0.2, 0) is 16.6 Å². The van der Waals surface area contributed by atoms with E-state index in [0.29, 0.717) is 5.75 Å². The monoisotopic (exact) mass is 424 g/mol. The standard InChI is InChI=1S/C27H36O2S/c1-19-6-8-20(9-7-19)10-11-21-14-24-25(27(4,5)13-12-26(24,2)3)15-22(21)17-30-18-23(29)16-28/h6-11,14-15,23,28-29H,12-13,16-18H2,1-5H3/b11-10+. The van der Waals surface area contributed by atoms with Crippen molar-refractivity contribution >= 4 is 23.9 Å². The summed E-state index contributed by atoms with van der Waals surface area (Å²) in [6, 6.07) is 13.4. The van der Waals surface area contributed by atoms with Crippen molar-refractivity contribution < 1.29 is 10.2 Å². The highest BCUT2D eigenvalue weighted by Gasteiger charge is 2.37. The van der Waals surface area contributed by atoms with Crippen LogP contribution in [0.1, 0.15) is 73.9 Å². The third-order valence-electron chi connectivity index (χ3n) is 6.42. The fourth-order valence-electron chi connectivity index (χ4n) is 4.18. The molecule has 0 saturated carbocycles. The maximum absolute atomic E-state index is 9.74. The SMILES string of the molecule is Cc1ccc(/C=C/c2cc3c(cc2CSCC(O)CO)C(C)(C)CCC3(C)C)cc1. The number of thioether (sulfide) groups is 1. The Morgan fingerprint density at radius 2 is 1.57 bits per heavy atom. The maximum atomic E-state index is 9.74. The molecule has 2 N–H and O–H groups in total. The molecule has 0 bridgehead atoms. The average molecular weight is 425 g/mol. The van der Waals surface area contributed by atoms with E-state index in [9.17, 15) is 5.11 Å². The molecular weight excluding hydrogens is 388 g/mol. The van der Waals surface area contributed by atoms with Crippen molar-refractivity contribution in [1.82, 2.24) is 0 Å². The number of aliphatic hydroxyl groups excluding tert-OH is 2. The average Bonchev–Trinajstić information content (AvgIpc) is 2.71. The minimum atomic E-state index is -0.658. The van der Waals surface area contributed by atoms with Crippen LogP contribution in [0, 0.1) is 6.92 Å². The Labute approximate surface area is 186 Å². The zero-order chi connectivity index (χ0) is 21.9. The molecule has 0 saturated heterocycles. The molecule has 0 aromatic heterocycles. The molecule has 1 atom stereocenters. The van der Waals surface area contributed by atoms with Crippen molar-refractivity contribution in [3.63, 3.8) is 0 Å². The van der Waals surface area contributed by atoms with Crippen LogP contribution in [0.3, 0.4) is 0 Å². The number of aryl methyl sites for hydroxylation is 1. The number of hydrogen-bond acceptors (Lipinski definition) is 3. The number of fused-ring (bicyclic) bond motifs is 1. The van der Waals surface area contributed by atoms with Crippen molar-refractivity contribution in [2.45, 2.75) is 70.1 Å². The van der Waals surface area contributed by atoms with Crippen LogP contribution in [-0.4, -0.2) is 28.7 Å². The van der Waals surface area contributed by atoms with E-state index in [1.807, 2.05) is 0 Å². The van der Waals surface area contributed by atoms with Crippen LogP contribution < -0.4 is 0 Å². The molecule has 0 radical (unpaired) electrons. The highest BCUT2D eigenvalue weighted by Crippen LogP contribution is 2.47. The first-order valence-corrected chi connectivity index (χ1v) is 12.1. The summed E-state index contributed by atoms with van der Waals surface area (Å²) in [4.78, 5) is 0. The number of benzene rings is 2. The van der Waals surface area contributed by atoms with Gasteiger partial charge in [0.25, 0.3) is 0 Å². The molecule has 1 unspecified atom stereocenters. The smallest absolute Gasteiger partial charge is 0.0861 e. The Morgan fingerprint density at radius 1 is 0.967 bits per heavy atom. The van der Waals surface area contributed by atoms with Crippen LogP contribution in [0.15, 0.2) is 36.4 Å². The van der Waals surface area contributed by atoms with E-state index in [1.165, 1.54) is 46.2 Å². The molecular formula is C27H36O2S. The van der Waals surface area contributed by atoms with E-state index in [0.717, 1.165) is 5.75 Å². The Hall–Kier alpha value is -1.55. The summed E-state index contributed by atoms with van der Waals surface area (Å²) in [7, 11) is 0. The first kappa shape index (κ1) is 23.1. The molecule has 0 spiro atoms. The molecule has 162 valence electrons. The van der Waals surface area contributed by atoms with E-state index in [2.05, 4.69) is 83.2 Å². The summed E-state index contributed by atoms with van der Waals surface area (Å²) in [6.45, 7) is 11.4. The fraction of sp³-hybridized carbons (Fsp3) is 0.481. The Morgan fingerprint density at radius 3 is 2.17 bits per heavy atom. The summed E-state index contributed by atoms with van der Waals surface area (Å²) in [5, 5.41) is 18.9. The molecule has 3 rings (SSSR count). The lowest BCUT2D eigenvalue weighted by molar-refractivity contribution is 0.113. The zero-order valence-electron chi connectivity index (χ0n) is 19.0. The van der Waals surface area contributed by atoms with Crippen LogP contribution >= 0.6 is 11.8 Å². The molecule has 2 aromatic carbocycles. The lowest BCUT2D eigenvalue weighted by Crippen LogP contribution is -2.34. The van der Waals surface area contributed by atoms with E-state index in [-0.39, 0.29) is 17.4 Å². The molecule has 0 amide bonds. The summed E-state index contributed by atoms with van der Waals surface area (Å²) in [5.41, 5.74) is 8.31. The lowest BCUT2D eigenvalue weighted by Gasteiger charge is -2.42. The normalized spacial score (nSPS) is 18.4. The molecule has 0 heterocycles. The van der Waals surface area contributed by atoms with Gasteiger partial charge in [-0.2, -0.15) is 11.8 Å². The second-order valence-electron chi connectivity index (χ2n) is 9.96. The molecule has 2 nitrogen and oxygen atoms in total. The maximum Gasteiger partial charge on any atom is 0.0861 e. The molecule has 3 heteroatoms. The first-order valence-electron chi connectivity index (χ1n) is 10.9. The topological polar surface area (TPSA) is 40.5 Å². The first-order chi connectivity index (χ1) is 14.1. The number of rotatable bonds is 7. The van der Waals surface area contributed by atoms with Gasteiger partial charge in [0.05, 0.1) is 12.7 Å². The molecule has 1 aliphatic rings. The Bertz CT molecular complexity index is 894. The van der Waals surface area contributed by atoms with Gasteiger partial charge in [-0.1, -0.05) is 81.8 Å². The van der Waals surface area contributed by atoms with Crippen molar-refractivity contribution in [3.8, 4) is 0 Å². The van der Waals surface area contributed by atoms with Crippen molar-refractivity contribution in [3.05, 3.63) is 69.8 Å². The molecule has 0 aliphatic heterocycles. The molecule has 1 aliphatic carbocycles. The molecule has 30 heavy (non-hydrogen) atoms. The summed E-state index contributed by atoms with van der Waals surface area (Å²) >= 11 is 1.68. The second kappa shape index (κ2) is 9.30. The van der Waals surface area contributed by atoms with Gasteiger partial charge in [-0.25, -0.2) is 0 Å². The minimum absolute atomic E-state index is 0.175. The van der Waals surface area contributed by atoms with Gasteiger partial charge in [0, 0.05) is 11.5 Å². The lowest BCUT2D eigenvalue weighted by atomic mass is 9.62. The number of aliphatic hydroxyl groups is 2. The van der Waals surface area contributed by atoms with Crippen molar-refractivity contribution in [2.24, 2.45) is 0 Å². The third-order valence-corrected chi connectivity index (χ3v) is 7.56. The predicted octanol–water partition coefficient (Wildman–Crippen LogP) is 6.10. The van der Waals surface area contributed by atoms with Crippen LogP contribution in [0.5, 0.6) is 0 Å². The fourth-order valence-corrected chi connectivity index (χ4v) is 5.14. The van der Waals surface area contributed by atoms with E-state index >= 15 is 0 Å². The van der Waals surface area contributed by atoms with Gasteiger partial charge in [-0.05, 0) is 58.4 Å². The van der Waals surface area contributed by atoms with E-state index in [1.54, 1.807) is 11.8 Å². The molecule has 2 aromatic rings. The largest absolute Gasteiger partial charge is 0.394 e. The van der Waals surface area contributed by atoms with Gasteiger partial charge in [0.15, 0.2) is 0 Å². The zero-order valence-corrected chi connectivity index (χ0v) is 19.9. The van der Waals surface area contributed by atoms with Crippen molar-refractivity contribution in [2.75, 3.05) is 12.4 Å². The van der Waals surface area contributed by atoms with Gasteiger partial charge in [-0.15, -0.1) is 0 Å². The van der Waals surface area contributed by atoms with Crippen molar-refractivity contribution in [1.29, 1.82) is 0 Å². The third kappa shape index (κ3) is 5.38. The highest BCUT2D eigenvalue weighted by atomic mass is 32.2.